The first-order valence-electron chi connectivity index (χ1n) is 7.95. The van der Waals surface area contributed by atoms with E-state index in [0.717, 1.165) is 31.6 Å². The highest BCUT2D eigenvalue weighted by atomic mass is 32.2. The Morgan fingerprint density at radius 2 is 2.14 bits per heavy atom. The Kier molecular flexibility index (Phi) is 6.15. The average molecular weight is 334 g/mol. The van der Waals surface area contributed by atoms with Crippen LogP contribution < -0.4 is 0 Å². The summed E-state index contributed by atoms with van der Waals surface area (Å²) < 4.78 is 23.9. The maximum absolute atomic E-state index is 12.2. The maximum atomic E-state index is 12.2. The van der Waals surface area contributed by atoms with E-state index in [9.17, 15) is 13.2 Å². The van der Waals surface area contributed by atoms with E-state index < -0.39 is 15.2 Å². The van der Waals surface area contributed by atoms with Crippen LogP contribution in [-0.2, 0) is 14.6 Å². The highest BCUT2D eigenvalue weighted by Crippen LogP contribution is 2.31. The van der Waals surface area contributed by atoms with Gasteiger partial charge in [0.2, 0.25) is 0 Å². The average Bonchev–Trinajstić information content (AvgIpc) is 2.42. The molecule has 2 fully saturated rings. The van der Waals surface area contributed by atoms with Gasteiger partial charge in [0, 0.05) is 43.2 Å². The Labute approximate surface area is 133 Å². The Hall–Kier alpha value is -0.0700. The van der Waals surface area contributed by atoms with Crippen LogP contribution in [0.3, 0.4) is 0 Å². The molecule has 1 heterocycles. The number of rotatable bonds is 5. The Balaban J connectivity index is 2.02. The second kappa shape index (κ2) is 7.47. The van der Waals surface area contributed by atoms with Gasteiger partial charge in [0.05, 0.1) is 0 Å². The van der Waals surface area contributed by atoms with Gasteiger partial charge in [-0.1, -0.05) is 19.8 Å². The van der Waals surface area contributed by atoms with Crippen molar-refractivity contribution in [2.75, 3.05) is 30.9 Å². The highest BCUT2D eigenvalue weighted by Gasteiger charge is 2.35. The molecule has 3 unspecified atom stereocenters. The van der Waals surface area contributed by atoms with Crippen LogP contribution >= 0.6 is 11.8 Å². The smallest absolute Gasteiger partial charge is 0.164 e. The molecule has 0 bridgehead atoms. The van der Waals surface area contributed by atoms with E-state index in [0.29, 0.717) is 30.4 Å². The van der Waals surface area contributed by atoms with Crippen molar-refractivity contribution in [1.29, 1.82) is 0 Å². The molecule has 0 spiro atoms. The minimum atomic E-state index is -3.07. The topological polar surface area (TPSA) is 54.5 Å². The van der Waals surface area contributed by atoms with E-state index in [1.165, 1.54) is 12.7 Å². The molecule has 122 valence electrons. The summed E-state index contributed by atoms with van der Waals surface area (Å²) in [7, 11) is -3.07. The van der Waals surface area contributed by atoms with E-state index in [4.69, 9.17) is 0 Å². The summed E-state index contributed by atoms with van der Waals surface area (Å²) in [6, 6.07) is 0. The molecule has 2 aliphatic rings. The first-order chi connectivity index (χ1) is 9.91. The third-order valence-corrected chi connectivity index (χ3v) is 7.40. The molecule has 1 saturated carbocycles. The summed E-state index contributed by atoms with van der Waals surface area (Å²) in [4.78, 5) is 14.2. The number of sulfone groups is 1. The van der Waals surface area contributed by atoms with E-state index in [1.807, 2.05) is 4.90 Å². The fourth-order valence-electron chi connectivity index (χ4n) is 3.55. The van der Waals surface area contributed by atoms with Crippen molar-refractivity contribution in [2.24, 2.45) is 11.8 Å². The predicted molar refractivity (Wildman–Crippen MR) is 88.3 cm³/mol. The zero-order chi connectivity index (χ0) is 15.5. The Morgan fingerprint density at radius 1 is 1.38 bits per heavy atom. The van der Waals surface area contributed by atoms with Gasteiger partial charge in [-0.25, -0.2) is 8.42 Å². The van der Waals surface area contributed by atoms with Crippen LogP contribution in [0.4, 0.5) is 0 Å². The second-order valence-electron chi connectivity index (χ2n) is 6.45. The van der Waals surface area contributed by atoms with Crippen LogP contribution in [-0.4, -0.2) is 55.3 Å². The maximum Gasteiger partial charge on any atom is 0.164 e. The predicted octanol–water partition coefficient (Wildman–Crippen LogP) is 2.19. The molecule has 0 amide bonds. The minimum absolute atomic E-state index is 0.0441. The first-order valence-corrected chi connectivity index (χ1v) is 11.1. The van der Waals surface area contributed by atoms with Crippen LogP contribution in [0.5, 0.6) is 0 Å². The summed E-state index contributed by atoms with van der Waals surface area (Å²) in [5, 5.41) is -0.407. The van der Waals surface area contributed by atoms with Gasteiger partial charge in [0.1, 0.15) is 11.2 Å². The number of hydrogen-bond acceptors (Lipinski definition) is 5. The number of Topliss-reactive ketones (excluding diaryl/α,β-unsaturated/α-hetero) is 1. The summed E-state index contributed by atoms with van der Waals surface area (Å²) in [5.41, 5.74) is 0. The van der Waals surface area contributed by atoms with Crippen LogP contribution in [0.1, 0.15) is 39.0 Å². The van der Waals surface area contributed by atoms with Gasteiger partial charge in [-0.3, -0.25) is 9.69 Å². The van der Waals surface area contributed by atoms with Crippen LogP contribution in [0.2, 0.25) is 0 Å². The highest BCUT2D eigenvalue weighted by molar-refractivity contribution is 8.00. The second-order valence-corrected chi connectivity index (χ2v) is 9.80. The minimum Gasteiger partial charge on any atom is -0.299 e. The molecule has 4 nitrogen and oxygen atoms in total. The SMILES string of the molecule is CCCC1CCC(=O)C(CN2CCSCC2S(C)(=O)=O)C1. The molecule has 0 radical (unpaired) electrons. The molecule has 2 rings (SSSR count). The van der Waals surface area contributed by atoms with E-state index in [-0.39, 0.29) is 5.92 Å². The molecular weight excluding hydrogens is 306 g/mol. The van der Waals surface area contributed by atoms with Gasteiger partial charge in [-0.15, -0.1) is 0 Å². The first kappa shape index (κ1) is 17.3. The quantitative estimate of drug-likeness (QED) is 0.772. The lowest BCUT2D eigenvalue weighted by molar-refractivity contribution is -0.126. The van der Waals surface area contributed by atoms with Crippen molar-refractivity contribution >= 4 is 27.4 Å². The largest absolute Gasteiger partial charge is 0.299 e. The van der Waals surface area contributed by atoms with E-state index >= 15 is 0 Å². The number of hydrogen-bond donors (Lipinski definition) is 0. The van der Waals surface area contributed by atoms with Crippen molar-refractivity contribution in [3.8, 4) is 0 Å². The monoisotopic (exact) mass is 333 g/mol. The number of nitrogens with zero attached hydrogens (tertiary/aromatic N) is 1. The summed E-state index contributed by atoms with van der Waals surface area (Å²) >= 11 is 1.70. The number of carbonyl (C=O) groups excluding carboxylic acids is 1. The summed E-state index contributed by atoms with van der Waals surface area (Å²) in [6.07, 6.45) is 6.33. The number of ketones is 1. The van der Waals surface area contributed by atoms with Gasteiger partial charge in [-0.05, 0) is 18.8 Å². The van der Waals surface area contributed by atoms with E-state index in [2.05, 4.69) is 6.92 Å². The van der Waals surface area contributed by atoms with Gasteiger partial charge in [0.25, 0.3) is 0 Å². The molecule has 0 aromatic carbocycles. The van der Waals surface area contributed by atoms with Crippen molar-refractivity contribution in [1.82, 2.24) is 4.90 Å². The number of carbonyl (C=O) groups is 1. The third-order valence-electron chi connectivity index (χ3n) is 4.71. The van der Waals surface area contributed by atoms with Crippen LogP contribution in [0.15, 0.2) is 0 Å². The number of thioether (sulfide) groups is 1. The lowest BCUT2D eigenvalue weighted by atomic mass is 9.78. The van der Waals surface area contributed by atoms with Crippen LogP contribution in [0.25, 0.3) is 0 Å². The molecule has 3 atom stereocenters. The summed E-state index contributed by atoms with van der Waals surface area (Å²) in [5.74, 6) is 2.63. The third kappa shape index (κ3) is 4.70. The molecule has 0 aromatic heterocycles. The molecule has 0 aromatic rings. The summed E-state index contributed by atoms with van der Waals surface area (Å²) in [6.45, 7) is 3.61. The molecule has 1 saturated heterocycles. The molecule has 0 N–H and O–H groups in total. The molecule has 1 aliphatic heterocycles. The molecule has 6 heteroatoms. The lowest BCUT2D eigenvalue weighted by Gasteiger charge is -2.38. The fraction of sp³-hybridized carbons (Fsp3) is 0.933. The molecule has 21 heavy (non-hydrogen) atoms. The van der Waals surface area contributed by atoms with Gasteiger partial charge >= 0.3 is 0 Å². The van der Waals surface area contributed by atoms with Crippen molar-refractivity contribution in [2.45, 2.75) is 44.4 Å². The van der Waals surface area contributed by atoms with Crippen molar-refractivity contribution in [3.63, 3.8) is 0 Å². The molecular formula is C15H27NO3S2. The molecule has 1 aliphatic carbocycles. The van der Waals surface area contributed by atoms with Gasteiger partial charge in [-0.2, -0.15) is 11.8 Å². The normalized spacial score (nSPS) is 32.3. The van der Waals surface area contributed by atoms with Crippen LogP contribution in [0, 0.1) is 11.8 Å². The zero-order valence-electron chi connectivity index (χ0n) is 13.1. The van der Waals surface area contributed by atoms with Gasteiger partial charge < -0.3 is 0 Å². The zero-order valence-corrected chi connectivity index (χ0v) is 14.7. The lowest BCUT2D eigenvalue weighted by Crippen LogP contribution is -2.50. The fourth-order valence-corrected chi connectivity index (χ4v) is 6.50. The van der Waals surface area contributed by atoms with Gasteiger partial charge in [0.15, 0.2) is 9.84 Å². The Morgan fingerprint density at radius 3 is 2.81 bits per heavy atom. The standard InChI is InChI=1S/C15H27NO3S2/c1-3-4-12-5-6-14(17)13(9-12)10-16-7-8-20-11-15(16)21(2,18)19/h12-13,15H,3-11H2,1-2H3. The van der Waals surface area contributed by atoms with E-state index in [1.54, 1.807) is 11.8 Å². The Bertz CT molecular complexity index is 464. The van der Waals surface area contributed by atoms with Crippen molar-refractivity contribution in [3.05, 3.63) is 0 Å². The van der Waals surface area contributed by atoms with Crippen molar-refractivity contribution < 1.29 is 13.2 Å².